The molecule has 0 saturated carbocycles. The lowest BCUT2D eigenvalue weighted by Gasteiger charge is -2.01. The van der Waals surface area contributed by atoms with Crippen molar-refractivity contribution < 1.29 is 4.92 Å². The molecule has 1 N–H and O–H groups in total. The molecule has 2 aromatic rings. The van der Waals surface area contributed by atoms with Crippen molar-refractivity contribution in [2.45, 2.75) is 6.92 Å². The van der Waals surface area contributed by atoms with Gasteiger partial charge >= 0.3 is 0 Å². The van der Waals surface area contributed by atoms with Crippen molar-refractivity contribution >= 4 is 17.6 Å². The fraction of sp³-hybridized carbons (Fsp3) is 0.0714. The topological polar surface area (TPSA) is 67.5 Å². The van der Waals surface area contributed by atoms with E-state index in [1.807, 2.05) is 31.2 Å². The molecule has 0 aliphatic carbocycles. The zero-order valence-electron chi connectivity index (χ0n) is 10.4. The summed E-state index contributed by atoms with van der Waals surface area (Å²) in [6.45, 7) is 2.01. The molecule has 0 bridgehead atoms. The lowest BCUT2D eigenvalue weighted by atomic mass is 10.2. The van der Waals surface area contributed by atoms with Crippen LogP contribution in [-0.2, 0) is 0 Å². The third-order valence-corrected chi connectivity index (χ3v) is 2.58. The summed E-state index contributed by atoms with van der Waals surface area (Å²) in [6.07, 6.45) is 1.62. The SMILES string of the molecule is Cc1ccc(/C=N\Nc2ccccc2[N+](=O)[O-])cc1. The number of nitro benzene ring substituents is 1. The second kappa shape index (κ2) is 5.77. The van der Waals surface area contributed by atoms with Crippen LogP contribution in [0.1, 0.15) is 11.1 Å². The van der Waals surface area contributed by atoms with E-state index in [-0.39, 0.29) is 5.69 Å². The maximum Gasteiger partial charge on any atom is 0.294 e. The number of nitrogens with one attached hydrogen (secondary N) is 1. The van der Waals surface area contributed by atoms with Gasteiger partial charge < -0.3 is 0 Å². The van der Waals surface area contributed by atoms with E-state index in [1.54, 1.807) is 24.4 Å². The van der Waals surface area contributed by atoms with Gasteiger partial charge in [-0.3, -0.25) is 15.5 Å². The summed E-state index contributed by atoms with van der Waals surface area (Å²) in [6, 6.07) is 14.2. The second-order valence-electron chi connectivity index (χ2n) is 4.05. The molecular formula is C14H13N3O2. The molecule has 0 aliphatic rings. The molecule has 0 atom stereocenters. The second-order valence-corrected chi connectivity index (χ2v) is 4.05. The van der Waals surface area contributed by atoms with Crippen molar-refractivity contribution in [3.63, 3.8) is 0 Å². The van der Waals surface area contributed by atoms with Gasteiger partial charge in [-0.15, -0.1) is 0 Å². The number of benzene rings is 2. The minimum atomic E-state index is -0.441. The van der Waals surface area contributed by atoms with E-state index in [0.717, 1.165) is 5.56 Å². The first kappa shape index (κ1) is 12.8. The van der Waals surface area contributed by atoms with E-state index in [9.17, 15) is 10.1 Å². The van der Waals surface area contributed by atoms with Crippen molar-refractivity contribution in [1.29, 1.82) is 0 Å². The highest BCUT2D eigenvalue weighted by Gasteiger charge is 2.10. The molecule has 0 saturated heterocycles. The molecule has 0 heterocycles. The molecule has 0 aromatic heterocycles. The molecule has 0 radical (unpaired) electrons. The smallest absolute Gasteiger partial charge is 0.272 e. The maximum absolute atomic E-state index is 10.8. The highest BCUT2D eigenvalue weighted by Crippen LogP contribution is 2.22. The minimum absolute atomic E-state index is 0.00329. The number of nitro groups is 1. The van der Waals surface area contributed by atoms with Gasteiger partial charge in [0.15, 0.2) is 0 Å². The Bertz CT molecular complexity index is 606. The van der Waals surface area contributed by atoms with Gasteiger partial charge in [0.1, 0.15) is 5.69 Å². The molecule has 0 spiro atoms. The standard InChI is InChI=1S/C14H13N3O2/c1-11-6-8-12(9-7-11)10-15-16-13-4-2-3-5-14(13)17(18)19/h2-10,16H,1H3/b15-10-. The first-order valence-corrected chi connectivity index (χ1v) is 5.76. The van der Waals surface area contributed by atoms with Crippen LogP contribution < -0.4 is 5.43 Å². The maximum atomic E-state index is 10.8. The Morgan fingerprint density at radius 2 is 1.84 bits per heavy atom. The van der Waals surface area contributed by atoms with Gasteiger partial charge in [-0.25, -0.2) is 0 Å². The molecular weight excluding hydrogens is 242 g/mol. The van der Waals surface area contributed by atoms with Crippen molar-refractivity contribution in [2.75, 3.05) is 5.43 Å². The van der Waals surface area contributed by atoms with E-state index in [1.165, 1.54) is 11.6 Å². The predicted octanol–water partition coefficient (Wildman–Crippen LogP) is 3.35. The molecule has 0 unspecified atom stereocenters. The summed E-state index contributed by atoms with van der Waals surface area (Å²) in [5, 5.41) is 14.8. The van der Waals surface area contributed by atoms with E-state index in [2.05, 4.69) is 10.5 Å². The summed E-state index contributed by atoms with van der Waals surface area (Å²) in [5.41, 5.74) is 5.16. The summed E-state index contributed by atoms with van der Waals surface area (Å²) >= 11 is 0. The molecule has 96 valence electrons. The van der Waals surface area contributed by atoms with Gasteiger partial charge in [0.05, 0.1) is 11.1 Å². The molecule has 5 nitrogen and oxygen atoms in total. The number of para-hydroxylation sites is 2. The Morgan fingerprint density at radius 3 is 2.53 bits per heavy atom. The van der Waals surface area contributed by atoms with Gasteiger partial charge in [0.2, 0.25) is 0 Å². The molecule has 0 aliphatic heterocycles. The van der Waals surface area contributed by atoms with Crippen LogP contribution in [0.25, 0.3) is 0 Å². The molecule has 19 heavy (non-hydrogen) atoms. The molecule has 5 heteroatoms. The van der Waals surface area contributed by atoms with Crippen LogP contribution in [0.3, 0.4) is 0 Å². The Morgan fingerprint density at radius 1 is 1.16 bits per heavy atom. The highest BCUT2D eigenvalue weighted by atomic mass is 16.6. The fourth-order valence-corrected chi connectivity index (χ4v) is 1.56. The Kier molecular flexibility index (Phi) is 3.87. The summed E-state index contributed by atoms with van der Waals surface area (Å²) < 4.78 is 0. The fourth-order valence-electron chi connectivity index (χ4n) is 1.56. The molecule has 0 amide bonds. The van der Waals surface area contributed by atoms with Gasteiger partial charge in [-0.1, -0.05) is 42.0 Å². The highest BCUT2D eigenvalue weighted by molar-refractivity contribution is 5.80. The monoisotopic (exact) mass is 255 g/mol. The van der Waals surface area contributed by atoms with Crippen LogP contribution in [0.2, 0.25) is 0 Å². The van der Waals surface area contributed by atoms with Crippen LogP contribution in [0.15, 0.2) is 53.6 Å². The van der Waals surface area contributed by atoms with E-state index < -0.39 is 4.92 Å². The normalized spacial score (nSPS) is 10.6. The number of rotatable bonds is 4. The van der Waals surface area contributed by atoms with Crippen LogP contribution in [0.4, 0.5) is 11.4 Å². The summed E-state index contributed by atoms with van der Waals surface area (Å²) in [5.74, 6) is 0. The van der Waals surface area contributed by atoms with Gasteiger partial charge in [0.25, 0.3) is 5.69 Å². The van der Waals surface area contributed by atoms with Crippen molar-refractivity contribution in [2.24, 2.45) is 5.10 Å². The molecule has 0 fully saturated rings. The summed E-state index contributed by atoms with van der Waals surface area (Å²) in [4.78, 5) is 10.4. The van der Waals surface area contributed by atoms with Crippen molar-refractivity contribution in [3.05, 3.63) is 69.8 Å². The first-order valence-electron chi connectivity index (χ1n) is 5.76. The third kappa shape index (κ3) is 3.38. The Hall–Kier alpha value is -2.69. The van der Waals surface area contributed by atoms with E-state index >= 15 is 0 Å². The van der Waals surface area contributed by atoms with Crippen LogP contribution in [0, 0.1) is 17.0 Å². The Balaban J connectivity index is 2.10. The zero-order chi connectivity index (χ0) is 13.7. The average molecular weight is 255 g/mol. The van der Waals surface area contributed by atoms with Crippen LogP contribution in [0.5, 0.6) is 0 Å². The minimum Gasteiger partial charge on any atom is -0.272 e. The van der Waals surface area contributed by atoms with Crippen molar-refractivity contribution in [3.8, 4) is 0 Å². The first-order chi connectivity index (χ1) is 9.16. The van der Waals surface area contributed by atoms with Gasteiger partial charge in [-0.2, -0.15) is 5.10 Å². The molecule has 2 aromatic carbocycles. The Labute approximate surface area is 110 Å². The van der Waals surface area contributed by atoms with E-state index in [0.29, 0.717) is 5.69 Å². The lowest BCUT2D eigenvalue weighted by Crippen LogP contribution is -1.96. The predicted molar refractivity (Wildman–Crippen MR) is 75.5 cm³/mol. The number of hydrogen-bond acceptors (Lipinski definition) is 4. The molecule has 2 rings (SSSR count). The average Bonchev–Trinajstić information content (AvgIpc) is 2.41. The number of anilines is 1. The zero-order valence-corrected chi connectivity index (χ0v) is 10.4. The van der Waals surface area contributed by atoms with Crippen LogP contribution in [-0.4, -0.2) is 11.1 Å². The third-order valence-electron chi connectivity index (χ3n) is 2.58. The van der Waals surface area contributed by atoms with Gasteiger partial charge in [0, 0.05) is 6.07 Å². The number of aryl methyl sites for hydroxylation is 1. The number of nitrogens with zero attached hydrogens (tertiary/aromatic N) is 2. The quantitative estimate of drug-likeness (QED) is 0.517. The largest absolute Gasteiger partial charge is 0.294 e. The van der Waals surface area contributed by atoms with Crippen molar-refractivity contribution in [1.82, 2.24) is 0 Å². The summed E-state index contributed by atoms with van der Waals surface area (Å²) in [7, 11) is 0. The number of hydrogen-bond donors (Lipinski definition) is 1. The lowest BCUT2D eigenvalue weighted by molar-refractivity contribution is -0.384. The number of hydrazone groups is 1. The van der Waals surface area contributed by atoms with Crippen LogP contribution >= 0.6 is 0 Å². The van der Waals surface area contributed by atoms with E-state index in [4.69, 9.17) is 0 Å². The van der Waals surface area contributed by atoms with Gasteiger partial charge in [-0.05, 0) is 18.6 Å².